The van der Waals surface area contributed by atoms with Gasteiger partial charge in [0.1, 0.15) is 10.6 Å². The Kier molecular flexibility index (Phi) is 5.23. The number of benzene rings is 1. The SMILES string of the molecule is COc1ccc([N+](=O)[O-])cc1S(=O)(=O)NCC1(C)CCCNC1. The van der Waals surface area contributed by atoms with Gasteiger partial charge in [0.25, 0.3) is 5.69 Å². The second-order valence-electron chi connectivity index (χ2n) is 6.01. The van der Waals surface area contributed by atoms with Crippen molar-refractivity contribution in [3.63, 3.8) is 0 Å². The number of hydrogen-bond donors (Lipinski definition) is 2. The molecule has 1 aliphatic rings. The number of sulfonamides is 1. The molecule has 1 aromatic rings. The van der Waals surface area contributed by atoms with Gasteiger partial charge in [0.05, 0.1) is 12.0 Å². The minimum Gasteiger partial charge on any atom is -0.495 e. The molecule has 1 atom stereocenters. The van der Waals surface area contributed by atoms with Crippen molar-refractivity contribution in [2.75, 3.05) is 26.7 Å². The van der Waals surface area contributed by atoms with Crippen LogP contribution in [0.4, 0.5) is 5.69 Å². The fraction of sp³-hybridized carbons (Fsp3) is 0.571. The Hall–Kier alpha value is -1.71. The fourth-order valence-corrected chi connectivity index (χ4v) is 3.99. The second kappa shape index (κ2) is 6.81. The van der Waals surface area contributed by atoms with Gasteiger partial charge in [-0.05, 0) is 30.9 Å². The molecule has 23 heavy (non-hydrogen) atoms. The number of non-ortho nitro benzene ring substituents is 1. The van der Waals surface area contributed by atoms with Crippen LogP contribution in [0.15, 0.2) is 23.1 Å². The maximum absolute atomic E-state index is 12.5. The second-order valence-corrected chi connectivity index (χ2v) is 7.74. The van der Waals surface area contributed by atoms with Crippen LogP contribution in [0.5, 0.6) is 5.75 Å². The van der Waals surface area contributed by atoms with Crippen LogP contribution < -0.4 is 14.8 Å². The van der Waals surface area contributed by atoms with Gasteiger partial charge < -0.3 is 10.1 Å². The number of nitrogens with one attached hydrogen (secondary N) is 2. The maximum atomic E-state index is 12.5. The van der Waals surface area contributed by atoms with Gasteiger partial charge in [0, 0.05) is 25.2 Å². The Balaban J connectivity index is 2.24. The van der Waals surface area contributed by atoms with Crippen LogP contribution in [-0.4, -0.2) is 40.1 Å². The van der Waals surface area contributed by atoms with Crippen LogP contribution in [0.3, 0.4) is 0 Å². The summed E-state index contributed by atoms with van der Waals surface area (Å²) in [6, 6.07) is 3.52. The summed E-state index contributed by atoms with van der Waals surface area (Å²) in [4.78, 5) is 10.0. The Labute approximate surface area is 135 Å². The maximum Gasteiger partial charge on any atom is 0.271 e. The van der Waals surface area contributed by atoms with Crippen molar-refractivity contribution < 1.29 is 18.1 Å². The third-order valence-corrected chi connectivity index (χ3v) is 5.44. The normalized spacial score (nSPS) is 21.8. The Morgan fingerprint density at radius 2 is 2.22 bits per heavy atom. The van der Waals surface area contributed by atoms with Gasteiger partial charge in [0.15, 0.2) is 0 Å². The highest BCUT2D eigenvalue weighted by atomic mass is 32.2. The van der Waals surface area contributed by atoms with E-state index in [2.05, 4.69) is 10.0 Å². The van der Waals surface area contributed by atoms with E-state index < -0.39 is 14.9 Å². The van der Waals surface area contributed by atoms with Gasteiger partial charge in [-0.25, -0.2) is 13.1 Å². The smallest absolute Gasteiger partial charge is 0.271 e. The van der Waals surface area contributed by atoms with E-state index in [9.17, 15) is 18.5 Å². The zero-order valence-electron chi connectivity index (χ0n) is 13.2. The van der Waals surface area contributed by atoms with Crippen LogP contribution in [0, 0.1) is 15.5 Å². The fourth-order valence-electron chi connectivity index (χ4n) is 2.61. The molecule has 2 rings (SSSR count). The molecule has 0 bridgehead atoms. The van der Waals surface area contributed by atoms with Crippen LogP contribution in [0.1, 0.15) is 19.8 Å². The van der Waals surface area contributed by atoms with Gasteiger partial charge >= 0.3 is 0 Å². The highest BCUT2D eigenvalue weighted by molar-refractivity contribution is 7.89. The van der Waals surface area contributed by atoms with Gasteiger partial charge in [-0.3, -0.25) is 10.1 Å². The van der Waals surface area contributed by atoms with Gasteiger partial charge in [0.2, 0.25) is 10.0 Å². The van der Waals surface area contributed by atoms with Crippen molar-refractivity contribution in [3.8, 4) is 5.75 Å². The quantitative estimate of drug-likeness (QED) is 0.594. The van der Waals surface area contributed by atoms with Crippen molar-refractivity contribution in [3.05, 3.63) is 28.3 Å². The van der Waals surface area contributed by atoms with Crippen molar-refractivity contribution in [1.29, 1.82) is 0 Å². The molecule has 1 aromatic carbocycles. The first-order chi connectivity index (χ1) is 10.8. The summed E-state index contributed by atoms with van der Waals surface area (Å²) in [5.41, 5.74) is -0.476. The number of nitrogens with zero attached hydrogens (tertiary/aromatic N) is 1. The van der Waals surface area contributed by atoms with Gasteiger partial charge in [-0.1, -0.05) is 6.92 Å². The van der Waals surface area contributed by atoms with E-state index in [4.69, 9.17) is 4.74 Å². The highest BCUT2D eigenvalue weighted by Gasteiger charge is 2.30. The standard InChI is InChI=1S/C14H21N3O5S/c1-14(6-3-7-15-9-14)10-16-23(20,21)13-8-11(17(18)19)4-5-12(13)22-2/h4-5,8,15-16H,3,6-7,9-10H2,1-2H3. The monoisotopic (exact) mass is 343 g/mol. The molecule has 0 radical (unpaired) electrons. The number of hydrogen-bond acceptors (Lipinski definition) is 6. The number of ether oxygens (including phenoxy) is 1. The molecule has 0 aliphatic carbocycles. The zero-order valence-corrected chi connectivity index (χ0v) is 14.0. The first-order valence-electron chi connectivity index (χ1n) is 7.30. The van der Waals surface area contributed by atoms with Crippen molar-refractivity contribution >= 4 is 15.7 Å². The molecule has 1 heterocycles. The molecule has 1 fully saturated rings. The Morgan fingerprint density at radius 1 is 1.48 bits per heavy atom. The predicted molar refractivity (Wildman–Crippen MR) is 85.0 cm³/mol. The molecule has 2 N–H and O–H groups in total. The molecule has 1 aliphatic heterocycles. The number of nitro benzene ring substituents is 1. The minimum absolute atomic E-state index is 0.0787. The number of methoxy groups -OCH3 is 1. The lowest BCUT2D eigenvalue weighted by atomic mass is 9.83. The van der Waals surface area contributed by atoms with Crippen LogP contribution in [0.25, 0.3) is 0 Å². The molecular weight excluding hydrogens is 322 g/mol. The Morgan fingerprint density at radius 3 is 2.78 bits per heavy atom. The summed E-state index contributed by atoms with van der Waals surface area (Å²) in [6.07, 6.45) is 1.90. The third-order valence-electron chi connectivity index (χ3n) is 4.02. The lowest BCUT2D eigenvalue weighted by molar-refractivity contribution is -0.385. The van der Waals surface area contributed by atoms with Crippen molar-refractivity contribution in [1.82, 2.24) is 10.0 Å². The van der Waals surface area contributed by atoms with Gasteiger partial charge in [-0.15, -0.1) is 0 Å². The largest absolute Gasteiger partial charge is 0.495 e. The number of nitro groups is 1. The zero-order chi connectivity index (χ0) is 17.1. The molecular formula is C14H21N3O5S. The molecule has 128 valence electrons. The van der Waals surface area contributed by atoms with Crippen molar-refractivity contribution in [2.24, 2.45) is 5.41 Å². The summed E-state index contributed by atoms with van der Waals surface area (Å²) in [5, 5.41) is 14.1. The van der Waals surface area contributed by atoms with E-state index >= 15 is 0 Å². The highest BCUT2D eigenvalue weighted by Crippen LogP contribution is 2.29. The summed E-state index contributed by atoms with van der Waals surface area (Å²) >= 11 is 0. The van der Waals surface area contributed by atoms with E-state index in [-0.39, 0.29) is 28.3 Å². The molecule has 1 saturated heterocycles. The van der Waals surface area contributed by atoms with E-state index in [1.165, 1.54) is 19.2 Å². The molecule has 0 aromatic heterocycles. The summed E-state index contributed by atoms with van der Waals surface area (Å²) < 4.78 is 32.7. The lowest BCUT2D eigenvalue weighted by Crippen LogP contribution is -2.45. The average molecular weight is 343 g/mol. The molecule has 0 saturated carbocycles. The number of rotatable bonds is 6. The minimum atomic E-state index is -3.90. The Bertz CT molecular complexity index is 684. The first-order valence-corrected chi connectivity index (χ1v) is 8.79. The summed E-state index contributed by atoms with van der Waals surface area (Å²) in [7, 11) is -2.58. The topological polar surface area (TPSA) is 111 Å². The number of piperidine rings is 1. The van der Waals surface area contributed by atoms with E-state index in [0.29, 0.717) is 0 Å². The van der Waals surface area contributed by atoms with E-state index in [0.717, 1.165) is 32.0 Å². The molecule has 9 heteroatoms. The molecule has 0 spiro atoms. The molecule has 0 amide bonds. The van der Waals surface area contributed by atoms with E-state index in [1.807, 2.05) is 6.92 Å². The summed E-state index contributed by atoms with van der Waals surface area (Å²) in [5.74, 6) is 0.0787. The van der Waals surface area contributed by atoms with E-state index in [1.54, 1.807) is 0 Å². The van der Waals surface area contributed by atoms with Gasteiger partial charge in [-0.2, -0.15) is 0 Å². The van der Waals surface area contributed by atoms with Crippen LogP contribution in [-0.2, 0) is 10.0 Å². The third kappa shape index (κ3) is 4.18. The average Bonchev–Trinajstić information content (AvgIpc) is 2.53. The predicted octanol–water partition coefficient (Wildman–Crippen LogP) is 1.27. The summed E-state index contributed by atoms with van der Waals surface area (Å²) in [6.45, 7) is 3.92. The van der Waals surface area contributed by atoms with Crippen LogP contribution >= 0.6 is 0 Å². The van der Waals surface area contributed by atoms with Crippen molar-refractivity contribution in [2.45, 2.75) is 24.7 Å². The lowest BCUT2D eigenvalue weighted by Gasteiger charge is -2.34. The first kappa shape index (κ1) is 17.6. The van der Waals surface area contributed by atoms with Crippen LogP contribution in [0.2, 0.25) is 0 Å². The molecule has 1 unspecified atom stereocenters. The molecule has 8 nitrogen and oxygen atoms in total.